The molecule has 5 fully saturated rings. The van der Waals surface area contributed by atoms with Crippen molar-refractivity contribution in [2.45, 2.75) is 80.5 Å². The molecule has 3 N–H and O–H groups in total. The van der Waals surface area contributed by atoms with E-state index in [2.05, 4.69) is 6.58 Å². The fourth-order valence-electron chi connectivity index (χ4n) is 8.49. The zero-order valence-electron chi connectivity index (χ0n) is 22.1. The Kier molecular flexibility index (Phi) is 4.87. The fourth-order valence-corrected chi connectivity index (χ4v) is 8.49. The number of ether oxygens (including phenoxy) is 5. The lowest BCUT2D eigenvalue weighted by atomic mass is 9.53. The average molecular weight is 541 g/mol. The van der Waals surface area contributed by atoms with Gasteiger partial charge in [0.05, 0.1) is 12.2 Å². The molecule has 0 radical (unpaired) electrons. The van der Waals surface area contributed by atoms with Gasteiger partial charge in [-0.15, -0.1) is 0 Å². The quantitative estimate of drug-likeness (QED) is 0.286. The maximum absolute atomic E-state index is 13.6. The molecule has 3 aliphatic heterocycles. The molecule has 3 heterocycles. The van der Waals surface area contributed by atoms with E-state index in [4.69, 9.17) is 23.7 Å². The highest BCUT2D eigenvalue weighted by Gasteiger charge is 2.90. The molecule has 7 rings (SSSR count). The zero-order chi connectivity index (χ0) is 27.9. The minimum absolute atomic E-state index is 0.243. The van der Waals surface area contributed by atoms with Crippen molar-refractivity contribution in [1.82, 2.24) is 0 Å². The molecule has 0 aromatic heterocycles. The Bertz CT molecular complexity index is 1340. The standard InChI is InChI=1S/C29H32O10/c1-13(2)27-21(35-16(5)31)15(4)28-18-11-14(3)20(32)26(18,34)24(33)25(12-30)22(36-25)19(28)23(27)37-29(38-27,39-28)17-9-7-6-8-10-17/h6-11,15,18-19,21-24,30,33-34H,1,12H2,2-5H3/t15-,18?,19?,21-,22+,23-,24-,25+,26-,27+,28+,29-/m1/s1. The number of carbonyl (C=O) groups is 2. The molecule has 2 saturated carbocycles. The summed E-state index contributed by atoms with van der Waals surface area (Å²) in [6.07, 6.45) is -2.91. The number of rotatable bonds is 4. The van der Waals surface area contributed by atoms with Crippen molar-refractivity contribution in [3.05, 3.63) is 59.7 Å². The van der Waals surface area contributed by atoms with Crippen molar-refractivity contribution in [1.29, 1.82) is 0 Å². The normalized spacial score (nSPS) is 52.3. The van der Waals surface area contributed by atoms with Gasteiger partial charge in [-0.2, -0.15) is 0 Å². The molecule has 208 valence electrons. The predicted octanol–water partition coefficient (Wildman–Crippen LogP) is 0.874. The van der Waals surface area contributed by atoms with E-state index in [0.29, 0.717) is 11.1 Å². The molecule has 39 heavy (non-hydrogen) atoms. The Morgan fingerprint density at radius 3 is 2.44 bits per heavy atom. The molecule has 10 nitrogen and oxygen atoms in total. The van der Waals surface area contributed by atoms with Crippen molar-refractivity contribution in [3.8, 4) is 0 Å². The van der Waals surface area contributed by atoms with Gasteiger partial charge in [0.15, 0.2) is 17.0 Å². The summed E-state index contributed by atoms with van der Waals surface area (Å²) < 4.78 is 32.6. The van der Waals surface area contributed by atoms with Crippen molar-refractivity contribution in [2.75, 3.05) is 6.61 Å². The van der Waals surface area contributed by atoms with E-state index in [-0.39, 0.29) is 5.57 Å². The third kappa shape index (κ3) is 2.58. The van der Waals surface area contributed by atoms with Gasteiger partial charge in [-0.3, -0.25) is 9.59 Å². The minimum atomic E-state index is -2.39. The van der Waals surface area contributed by atoms with E-state index in [9.17, 15) is 24.9 Å². The van der Waals surface area contributed by atoms with Crippen LogP contribution in [-0.4, -0.2) is 80.5 Å². The van der Waals surface area contributed by atoms with Crippen LogP contribution < -0.4 is 0 Å². The van der Waals surface area contributed by atoms with Crippen LogP contribution in [0.15, 0.2) is 54.1 Å². The Hall–Kier alpha value is -2.44. The second-order valence-corrected chi connectivity index (χ2v) is 12.0. The highest BCUT2D eigenvalue weighted by molar-refractivity contribution is 6.05. The van der Waals surface area contributed by atoms with Crippen LogP contribution in [0, 0.1) is 17.8 Å². The lowest BCUT2D eigenvalue weighted by Crippen LogP contribution is -2.76. The van der Waals surface area contributed by atoms with Crippen molar-refractivity contribution in [2.24, 2.45) is 17.8 Å². The number of esters is 1. The summed E-state index contributed by atoms with van der Waals surface area (Å²) in [7, 11) is 0. The average Bonchev–Trinajstić information content (AvgIpc) is 3.53. The van der Waals surface area contributed by atoms with Crippen LogP contribution in [-0.2, 0) is 39.2 Å². The van der Waals surface area contributed by atoms with Gasteiger partial charge in [0.1, 0.15) is 30.0 Å². The third-order valence-corrected chi connectivity index (χ3v) is 10.2. The molecule has 3 aliphatic carbocycles. The summed E-state index contributed by atoms with van der Waals surface area (Å²) in [5.74, 6) is -5.64. The van der Waals surface area contributed by atoms with Crippen molar-refractivity contribution < 1.29 is 48.6 Å². The second-order valence-electron chi connectivity index (χ2n) is 12.0. The number of aliphatic hydroxyl groups excluding tert-OH is 2. The van der Waals surface area contributed by atoms with Crippen LogP contribution in [0.1, 0.15) is 33.3 Å². The molecule has 10 heteroatoms. The van der Waals surface area contributed by atoms with E-state index in [1.54, 1.807) is 44.2 Å². The molecular weight excluding hydrogens is 508 g/mol. The smallest absolute Gasteiger partial charge is 0.314 e. The first-order chi connectivity index (χ1) is 18.4. The topological polar surface area (TPSA) is 144 Å². The van der Waals surface area contributed by atoms with Crippen molar-refractivity contribution in [3.63, 3.8) is 0 Å². The highest BCUT2D eigenvalue weighted by Crippen LogP contribution is 2.74. The number of benzene rings is 1. The summed E-state index contributed by atoms with van der Waals surface area (Å²) in [6, 6.07) is 8.99. The molecule has 0 spiro atoms. The lowest BCUT2D eigenvalue weighted by molar-refractivity contribution is -0.440. The Morgan fingerprint density at radius 2 is 1.82 bits per heavy atom. The Labute approximate surface area is 225 Å². The van der Waals surface area contributed by atoms with Gasteiger partial charge < -0.3 is 39.0 Å². The van der Waals surface area contributed by atoms with Crippen LogP contribution in [0.25, 0.3) is 0 Å². The molecule has 3 saturated heterocycles. The van der Waals surface area contributed by atoms with Gasteiger partial charge in [0.25, 0.3) is 0 Å². The molecule has 3 bridgehead atoms. The van der Waals surface area contributed by atoms with Crippen LogP contribution in [0.4, 0.5) is 0 Å². The number of carbonyl (C=O) groups excluding carboxylic acids is 2. The molecule has 1 aromatic carbocycles. The van der Waals surface area contributed by atoms with E-state index < -0.39 is 88.9 Å². The summed E-state index contributed by atoms with van der Waals surface area (Å²) in [6.45, 7) is 10.0. The minimum Gasteiger partial charge on any atom is -0.459 e. The summed E-state index contributed by atoms with van der Waals surface area (Å²) in [5.41, 5.74) is -5.65. The van der Waals surface area contributed by atoms with Gasteiger partial charge >= 0.3 is 11.9 Å². The van der Waals surface area contributed by atoms with Gasteiger partial charge in [0, 0.05) is 30.2 Å². The van der Waals surface area contributed by atoms with Gasteiger partial charge in [-0.25, -0.2) is 0 Å². The summed E-state index contributed by atoms with van der Waals surface area (Å²) >= 11 is 0. The van der Waals surface area contributed by atoms with Crippen molar-refractivity contribution >= 4 is 11.8 Å². The largest absolute Gasteiger partial charge is 0.459 e. The SMILES string of the molecule is C=C(C)[C@@]12O[C@@]3(c4ccccc4)O[C@@H]1C1[C@@H]4O[C@]4(CO)[C@@H](O)[C@]4(O)C(=O)C(C)=CC4[C@@]1(O3)[C@H](C)[C@H]2OC(C)=O. The molecule has 6 aliphatic rings. The molecule has 1 aromatic rings. The molecule has 2 unspecified atom stereocenters. The fraction of sp³-hybridized carbons (Fsp3) is 0.586. The molecule has 0 amide bonds. The maximum atomic E-state index is 13.6. The number of Topliss-reactive ketones (excluding diaryl/α,β-unsaturated/α-hetero) is 1. The number of fused-ring (bicyclic) bond motifs is 3. The first kappa shape index (κ1) is 25.5. The van der Waals surface area contributed by atoms with Crippen LogP contribution in [0.2, 0.25) is 0 Å². The Morgan fingerprint density at radius 1 is 1.13 bits per heavy atom. The van der Waals surface area contributed by atoms with E-state index in [1.807, 2.05) is 13.0 Å². The monoisotopic (exact) mass is 540 g/mol. The van der Waals surface area contributed by atoms with Crippen LogP contribution >= 0.6 is 0 Å². The number of hydrogen-bond donors (Lipinski definition) is 3. The van der Waals surface area contributed by atoms with Crippen LogP contribution in [0.3, 0.4) is 0 Å². The number of epoxide rings is 1. The summed E-state index contributed by atoms with van der Waals surface area (Å²) in [5, 5.41) is 34.4. The van der Waals surface area contributed by atoms with Gasteiger partial charge in [0.2, 0.25) is 0 Å². The number of aliphatic hydroxyl groups is 3. The number of hydrogen-bond acceptors (Lipinski definition) is 10. The van der Waals surface area contributed by atoms with E-state index >= 15 is 0 Å². The predicted molar refractivity (Wildman–Crippen MR) is 132 cm³/mol. The zero-order valence-corrected chi connectivity index (χ0v) is 22.1. The summed E-state index contributed by atoms with van der Waals surface area (Å²) in [4.78, 5) is 26.1. The van der Waals surface area contributed by atoms with Crippen LogP contribution in [0.5, 0.6) is 0 Å². The van der Waals surface area contributed by atoms with E-state index in [1.165, 1.54) is 6.92 Å². The second kappa shape index (κ2) is 7.44. The van der Waals surface area contributed by atoms with Gasteiger partial charge in [-0.1, -0.05) is 49.9 Å². The van der Waals surface area contributed by atoms with Gasteiger partial charge in [-0.05, 0) is 25.0 Å². The molecule has 12 atom stereocenters. The first-order valence-corrected chi connectivity index (χ1v) is 13.3. The molecular formula is C29H32O10. The number of ketones is 1. The maximum Gasteiger partial charge on any atom is 0.314 e. The lowest BCUT2D eigenvalue weighted by Gasteiger charge is -2.61. The first-order valence-electron chi connectivity index (χ1n) is 13.3. The van der Waals surface area contributed by atoms with E-state index in [0.717, 1.165) is 0 Å². The highest BCUT2D eigenvalue weighted by atomic mass is 16.9. The Balaban J connectivity index is 1.57. The third-order valence-electron chi connectivity index (χ3n) is 10.2.